The standard InChI is InChI=1S/C18H19ClO2.C6H12O/c1-3-14-16(13-8-7-12(2)11-15(13)19)17(20)21-18(14)9-5-4-6-10-18;1-4-5(2)6(3)7/h3,7-8,11H,1,4-6,9-10H2,2H3;5H,4H2,1-3H3. The van der Waals surface area contributed by atoms with Crippen LogP contribution in [0.3, 0.4) is 0 Å². The van der Waals surface area contributed by atoms with Crippen LogP contribution in [0.4, 0.5) is 0 Å². The molecule has 1 saturated carbocycles. The maximum atomic E-state index is 12.5. The molecule has 1 aromatic rings. The fraction of sp³-hybridized carbons (Fsp3) is 0.500. The van der Waals surface area contributed by atoms with Gasteiger partial charge in [-0.2, -0.15) is 0 Å². The molecule has 0 N–H and O–H groups in total. The van der Waals surface area contributed by atoms with Crippen molar-refractivity contribution < 1.29 is 14.3 Å². The largest absolute Gasteiger partial charge is 0.451 e. The molecular formula is C24H31ClO3. The smallest absolute Gasteiger partial charge is 0.340 e. The lowest BCUT2D eigenvalue weighted by atomic mass is 9.78. The molecule has 1 aliphatic carbocycles. The van der Waals surface area contributed by atoms with E-state index in [1.165, 1.54) is 6.42 Å². The molecule has 1 heterocycles. The van der Waals surface area contributed by atoms with Crippen LogP contribution in [-0.2, 0) is 14.3 Å². The number of esters is 1. The summed E-state index contributed by atoms with van der Waals surface area (Å²) in [5.74, 6) is 0.292. The highest BCUT2D eigenvalue weighted by molar-refractivity contribution is 6.35. The number of carbonyl (C=O) groups excluding carboxylic acids is 2. The Morgan fingerprint density at radius 1 is 1.32 bits per heavy atom. The van der Waals surface area contributed by atoms with E-state index in [-0.39, 0.29) is 11.9 Å². The van der Waals surface area contributed by atoms with E-state index in [0.29, 0.717) is 16.4 Å². The van der Waals surface area contributed by atoms with Crippen LogP contribution in [0.15, 0.2) is 36.4 Å². The maximum Gasteiger partial charge on any atom is 0.340 e. The second-order valence-corrected chi connectivity index (χ2v) is 8.25. The molecule has 1 unspecified atom stereocenters. The van der Waals surface area contributed by atoms with E-state index < -0.39 is 5.60 Å². The lowest BCUT2D eigenvalue weighted by Crippen LogP contribution is -2.33. The van der Waals surface area contributed by atoms with Gasteiger partial charge in [-0.05, 0) is 57.6 Å². The van der Waals surface area contributed by atoms with Crippen LogP contribution in [0.2, 0.25) is 5.02 Å². The molecule has 0 bridgehead atoms. The van der Waals surface area contributed by atoms with Gasteiger partial charge in [0.25, 0.3) is 0 Å². The number of ketones is 1. The molecule has 2 aliphatic rings. The zero-order chi connectivity index (χ0) is 20.9. The number of hydrogen-bond acceptors (Lipinski definition) is 3. The molecular weight excluding hydrogens is 372 g/mol. The van der Waals surface area contributed by atoms with Gasteiger partial charge in [0, 0.05) is 22.1 Å². The van der Waals surface area contributed by atoms with Crippen molar-refractivity contribution in [1.29, 1.82) is 0 Å². The van der Waals surface area contributed by atoms with Crippen molar-refractivity contribution in [2.45, 2.75) is 71.8 Å². The van der Waals surface area contributed by atoms with Crippen LogP contribution in [0, 0.1) is 12.8 Å². The summed E-state index contributed by atoms with van der Waals surface area (Å²) < 4.78 is 5.80. The zero-order valence-corrected chi connectivity index (χ0v) is 18.2. The van der Waals surface area contributed by atoms with Crippen LogP contribution in [0.5, 0.6) is 0 Å². The van der Waals surface area contributed by atoms with Crippen molar-refractivity contribution in [3.8, 4) is 0 Å². The summed E-state index contributed by atoms with van der Waals surface area (Å²) >= 11 is 6.35. The molecule has 0 saturated heterocycles. The second-order valence-electron chi connectivity index (χ2n) is 7.84. The first kappa shape index (κ1) is 22.4. The minimum absolute atomic E-state index is 0.264. The van der Waals surface area contributed by atoms with Crippen molar-refractivity contribution in [3.05, 3.63) is 52.6 Å². The van der Waals surface area contributed by atoms with Gasteiger partial charge in [-0.3, -0.25) is 4.79 Å². The van der Waals surface area contributed by atoms with Crippen molar-refractivity contribution >= 4 is 28.9 Å². The van der Waals surface area contributed by atoms with Gasteiger partial charge in [0.1, 0.15) is 11.4 Å². The monoisotopic (exact) mass is 402 g/mol. The number of Topliss-reactive ketones (excluding diaryl/α,β-unsaturated/α-hetero) is 1. The second kappa shape index (κ2) is 9.56. The molecule has 152 valence electrons. The first-order chi connectivity index (χ1) is 13.3. The number of ether oxygens (including phenoxy) is 1. The summed E-state index contributed by atoms with van der Waals surface area (Å²) in [6.45, 7) is 11.5. The van der Waals surface area contributed by atoms with Gasteiger partial charge < -0.3 is 4.74 Å². The Morgan fingerprint density at radius 3 is 2.43 bits per heavy atom. The quantitative estimate of drug-likeness (QED) is 0.542. The summed E-state index contributed by atoms with van der Waals surface area (Å²) in [4.78, 5) is 22.8. The lowest BCUT2D eigenvalue weighted by molar-refractivity contribution is -0.147. The lowest BCUT2D eigenvalue weighted by Gasteiger charge is -2.33. The highest BCUT2D eigenvalue weighted by Crippen LogP contribution is 2.47. The Kier molecular flexibility index (Phi) is 7.65. The molecule has 1 aromatic carbocycles. The topological polar surface area (TPSA) is 43.4 Å². The third kappa shape index (κ3) is 4.75. The van der Waals surface area contributed by atoms with Crippen LogP contribution in [0.1, 0.15) is 70.4 Å². The molecule has 0 amide bonds. The fourth-order valence-corrected chi connectivity index (χ4v) is 4.10. The predicted molar refractivity (Wildman–Crippen MR) is 115 cm³/mol. The Hall–Kier alpha value is -1.87. The number of halogens is 1. The predicted octanol–water partition coefficient (Wildman–Crippen LogP) is 6.47. The average Bonchev–Trinajstić information content (AvgIpc) is 2.92. The number of hydrogen-bond donors (Lipinski definition) is 0. The molecule has 4 heteroatoms. The molecule has 1 atom stereocenters. The maximum absolute atomic E-state index is 12.5. The minimum Gasteiger partial charge on any atom is -0.451 e. The van der Waals surface area contributed by atoms with Gasteiger partial charge in [-0.15, -0.1) is 0 Å². The van der Waals surface area contributed by atoms with Crippen molar-refractivity contribution in [3.63, 3.8) is 0 Å². The summed E-state index contributed by atoms with van der Waals surface area (Å²) in [5, 5.41) is 0.592. The van der Waals surface area contributed by atoms with E-state index in [1.807, 2.05) is 39.0 Å². The summed E-state index contributed by atoms with van der Waals surface area (Å²) in [7, 11) is 0. The van der Waals surface area contributed by atoms with Gasteiger partial charge in [0.15, 0.2) is 0 Å². The van der Waals surface area contributed by atoms with E-state index in [4.69, 9.17) is 16.3 Å². The molecule has 28 heavy (non-hydrogen) atoms. The SMILES string of the molecule is C=CC1=C(c2ccc(C)cc2Cl)C(=O)OC12CCCCC2.CCC(C)C(C)=O. The van der Waals surface area contributed by atoms with Gasteiger partial charge in [-0.1, -0.05) is 56.7 Å². The highest BCUT2D eigenvalue weighted by Gasteiger charge is 2.47. The summed E-state index contributed by atoms with van der Waals surface area (Å²) in [6.07, 6.45) is 7.88. The Bertz CT molecular complexity index is 785. The van der Waals surface area contributed by atoms with E-state index in [1.54, 1.807) is 13.0 Å². The Morgan fingerprint density at radius 2 is 1.96 bits per heavy atom. The van der Waals surface area contributed by atoms with Crippen molar-refractivity contribution in [2.24, 2.45) is 5.92 Å². The molecule has 1 spiro atoms. The molecule has 0 aromatic heterocycles. The molecule has 1 aliphatic heterocycles. The van der Waals surface area contributed by atoms with Gasteiger partial charge >= 0.3 is 5.97 Å². The minimum atomic E-state index is -0.472. The van der Waals surface area contributed by atoms with E-state index in [2.05, 4.69) is 6.58 Å². The first-order valence-corrected chi connectivity index (χ1v) is 10.5. The molecule has 0 radical (unpaired) electrons. The number of carbonyl (C=O) groups is 2. The third-order valence-electron chi connectivity index (χ3n) is 5.82. The normalized spacial score (nSPS) is 19.0. The van der Waals surface area contributed by atoms with E-state index in [0.717, 1.165) is 48.8 Å². The highest BCUT2D eigenvalue weighted by atomic mass is 35.5. The summed E-state index contributed by atoms with van der Waals surface area (Å²) in [5.41, 5.74) is 2.86. The molecule has 3 rings (SSSR count). The zero-order valence-electron chi connectivity index (χ0n) is 17.4. The summed E-state index contributed by atoms with van der Waals surface area (Å²) in [6, 6.07) is 5.75. The first-order valence-electron chi connectivity index (χ1n) is 10.1. The van der Waals surface area contributed by atoms with Crippen LogP contribution >= 0.6 is 11.6 Å². The van der Waals surface area contributed by atoms with Crippen LogP contribution in [0.25, 0.3) is 5.57 Å². The van der Waals surface area contributed by atoms with E-state index >= 15 is 0 Å². The molecule has 3 nitrogen and oxygen atoms in total. The fourth-order valence-electron chi connectivity index (χ4n) is 3.77. The molecule has 1 fully saturated rings. The number of aryl methyl sites for hydroxylation is 1. The van der Waals surface area contributed by atoms with Gasteiger partial charge in [-0.25, -0.2) is 4.79 Å². The van der Waals surface area contributed by atoms with E-state index in [9.17, 15) is 9.59 Å². The Labute approximate surface area is 173 Å². The number of rotatable bonds is 4. The number of benzene rings is 1. The Balaban J connectivity index is 0.000000345. The van der Waals surface area contributed by atoms with Crippen molar-refractivity contribution in [2.75, 3.05) is 0 Å². The van der Waals surface area contributed by atoms with Crippen LogP contribution < -0.4 is 0 Å². The third-order valence-corrected chi connectivity index (χ3v) is 6.13. The van der Waals surface area contributed by atoms with Crippen LogP contribution in [-0.4, -0.2) is 17.4 Å². The van der Waals surface area contributed by atoms with Gasteiger partial charge in [0.2, 0.25) is 0 Å². The van der Waals surface area contributed by atoms with Crippen molar-refractivity contribution in [1.82, 2.24) is 0 Å². The average molecular weight is 403 g/mol. The van der Waals surface area contributed by atoms with Gasteiger partial charge in [0.05, 0.1) is 5.57 Å².